The maximum Gasteiger partial charge on any atom is 0.265 e. The standard InChI is InChI=1S/C14H13N5O2S2/c20-23(21,12-7-4-8-15-9-12)19-13-16-14(18-17-13)22-10-11-5-2-1-3-6-11/h1-9H,10H2,(H2,16,17,18,19). The van der Waals surface area contributed by atoms with Crippen LogP contribution in [-0.4, -0.2) is 28.6 Å². The van der Waals surface area contributed by atoms with Gasteiger partial charge in [0, 0.05) is 18.1 Å². The Labute approximate surface area is 137 Å². The van der Waals surface area contributed by atoms with E-state index in [0.29, 0.717) is 10.9 Å². The highest BCUT2D eigenvalue weighted by atomic mass is 32.2. The average molecular weight is 347 g/mol. The molecule has 0 atom stereocenters. The molecule has 0 bridgehead atoms. The van der Waals surface area contributed by atoms with Crippen molar-refractivity contribution in [2.45, 2.75) is 15.8 Å². The number of hydrogen-bond acceptors (Lipinski definition) is 6. The second kappa shape index (κ2) is 6.80. The van der Waals surface area contributed by atoms with E-state index < -0.39 is 10.0 Å². The molecule has 3 aromatic rings. The van der Waals surface area contributed by atoms with Gasteiger partial charge in [-0.25, -0.2) is 18.2 Å². The van der Waals surface area contributed by atoms with Gasteiger partial charge >= 0.3 is 0 Å². The molecule has 2 aromatic heterocycles. The Morgan fingerprint density at radius 1 is 1.13 bits per heavy atom. The second-order valence-corrected chi connectivity index (χ2v) is 7.16. The number of aromatic amines is 1. The zero-order chi connectivity index (χ0) is 16.1. The Kier molecular flexibility index (Phi) is 4.58. The van der Waals surface area contributed by atoms with Crippen LogP contribution in [-0.2, 0) is 15.8 Å². The molecule has 0 fully saturated rings. The highest BCUT2D eigenvalue weighted by molar-refractivity contribution is 7.98. The number of sulfonamides is 1. The van der Waals surface area contributed by atoms with Gasteiger partial charge in [0.1, 0.15) is 4.90 Å². The number of H-pyrrole nitrogens is 1. The monoisotopic (exact) mass is 347 g/mol. The third kappa shape index (κ3) is 4.08. The maximum absolute atomic E-state index is 12.1. The van der Waals surface area contributed by atoms with Gasteiger partial charge < -0.3 is 0 Å². The molecule has 9 heteroatoms. The lowest BCUT2D eigenvalue weighted by Gasteiger charge is -2.03. The fourth-order valence-corrected chi connectivity index (χ4v) is 3.45. The smallest absolute Gasteiger partial charge is 0.263 e. The average Bonchev–Trinajstić information content (AvgIpc) is 3.01. The number of hydrogen-bond donors (Lipinski definition) is 2. The maximum atomic E-state index is 12.1. The summed E-state index contributed by atoms with van der Waals surface area (Å²) in [4.78, 5) is 7.98. The van der Waals surface area contributed by atoms with Crippen LogP contribution in [0.15, 0.2) is 64.9 Å². The van der Waals surface area contributed by atoms with Crippen molar-refractivity contribution in [2.24, 2.45) is 0 Å². The van der Waals surface area contributed by atoms with Crippen molar-refractivity contribution in [3.8, 4) is 0 Å². The number of thioether (sulfide) groups is 1. The van der Waals surface area contributed by atoms with Crippen LogP contribution in [0.3, 0.4) is 0 Å². The van der Waals surface area contributed by atoms with Crippen LogP contribution >= 0.6 is 11.8 Å². The highest BCUT2D eigenvalue weighted by Gasteiger charge is 2.16. The fraction of sp³-hybridized carbons (Fsp3) is 0.0714. The summed E-state index contributed by atoms with van der Waals surface area (Å²) in [6.07, 6.45) is 2.77. The summed E-state index contributed by atoms with van der Waals surface area (Å²) in [5.74, 6) is 0.775. The van der Waals surface area contributed by atoms with Gasteiger partial charge in [-0.15, -0.1) is 5.10 Å². The number of benzene rings is 1. The molecule has 118 valence electrons. The number of nitrogens with zero attached hydrogens (tertiary/aromatic N) is 3. The summed E-state index contributed by atoms with van der Waals surface area (Å²) in [6, 6.07) is 12.9. The van der Waals surface area contributed by atoms with E-state index in [1.807, 2.05) is 30.3 Å². The third-order valence-electron chi connectivity index (χ3n) is 2.85. The Balaban J connectivity index is 1.65. The molecule has 0 aliphatic heterocycles. The summed E-state index contributed by atoms with van der Waals surface area (Å²) < 4.78 is 26.6. The van der Waals surface area contributed by atoms with Crippen molar-refractivity contribution in [3.63, 3.8) is 0 Å². The molecule has 7 nitrogen and oxygen atoms in total. The second-order valence-electron chi connectivity index (χ2n) is 4.54. The van der Waals surface area contributed by atoms with E-state index in [0.717, 1.165) is 5.56 Å². The van der Waals surface area contributed by atoms with Gasteiger partial charge in [-0.05, 0) is 17.7 Å². The Morgan fingerprint density at radius 2 is 1.96 bits per heavy atom. The van der Waals surface area contributed by atoms with E-state index in [-0.39, 0.29) is 10.8 Å². The minimum Gasteiger partial charge on any atom is -0.263 e. The van der Waals surface area contributed by atoms with Crippen molar-refractivity contribution >= 4 is 27.7 Å². The summed E-state index contributed by atoms with van der Waals surface area (Å²) in [7, 11) is -3.72. The van der Waals surface area contributed by atoms with Crippen molar-refractivity contribution < 1.29 is 8.42 Å². The molecule has 0 radical (unpaired) electrons. The molecular weight excluding hydrogens is 334 g/mol. The molecule has 3 rings (SSSR count). The van der Waals surface area contributed by atoms with Crippen LogP contribution in [0.4, 0.5) is 5.95 Å². The van der Waals surface area contributed by atoms with Crippen LogP contribution in [0.25, 0.3) is 0 Å². The first-order valence-corrected chi connectivity index (χ1v) is 9.12. The quantitative estimate of drug-likeness (QED) is 0.664. The van der Waals surface area contributed by atoms with Crippen molar-refractivity contribution in [1.82, 2.24) is 20.2 Å². The summed E-state index contributed by atoms with van der Waals surface area (Å²) in [5.41, 5.74) is 1.14. The van der Waals surface area contributed by atoms with Gasteiger partial charge in [0.25, 0.3) is 10.0 Å². The number of anilines is 1. The molecule has 23 heavy (non-hydrogen) atoms. The molecule has 2 heterocycles. The van der Waals surface area contributed by atoms with Gasteiger partial charge in [0.15, 0.2) is 0 Å². The van der Waals surface area contributed by atoms with E-state index >= 15 is 0 Å². The summed E-state index contributed by atoms with van der Waals surface area (Å²) in [6.45, 7) is 0. The number of rotatable bonds is 6. The predicted molar refractivity (Wildman–Crippen MR) is 87.4 cm³/mol. The third-order valence-corrected chi connectivity index (χ3v) is 5.09. The van der Waals surface area contributed by atoms with E-state index in [9.17, 15) is 8.42 Å². The SMILES string of the molecule is O=S(=O)(Nc1nc(SCc2ccccc2)n[nH]1)c1cccnc1. The molecule has 2 N–H and O–H groups in total. The van der Waals surface area contributed by atoms with E-state index in [1.54, 1.807) is 6.07 Å². The van der Waals surface area contributed by atoms with Gasteiger partial charge in [-0.3, -0.25) is 4.98 Å². The van der Waals surface area contributed by atoms with Crippen LogP contribution in [0.5, 0.6) is 0 Å². The molecule has 0 spiro atoms. The number of aromatic nitrogens is 4. The van der Waals surface area contributed by atoms with Gasteiger partial charge in [-0.1, -0.05) is 42.1 Å². The van der Waals surface area contributed by atoms with Crippen LogP contribution in [0.1, 0.15) is 5.56 Å². The molecule has 0 unspecified atom stereocenters. The first kappa shape index (κ1) is 15.5. The number of pyridine rings is 1. The molecule has 0 aliphatic carbocycles. The molecule has 0 saturated carbocycles. The summed E-state index contributed by atoms with van der Waals surface area (Å²) in [5, 5.41) is 7.04. The largest absolute Gasteiger partial charge is 0.265 e. The van der Waals surface area contributed by atoms with E-state index in [2.05, 4.69) is 24.9 Å². The lowest BCUT2D eigenvalue weighted by Crippen LogP contribution is -2.14. The van der Waals surface area contributed by atoms with Crippen molar-refractivity contribution in [2.75, 3.05) is 4.72 Å². The van der Waals surface area contributed by atoms with Crippen LogP contribution < -0.4 is 4.72 Å². The Hall–Kier alpha value is -2.39. The van der Waals surface area contributed by atoms with E-state index in [4.69, 9.17) is 0 Å². The predicted octanol–water partition coefficient (Wildman–Crippen LogP) is 2.29. The highest BCUT2D eigenvalue weighted by Crippen LogP contribution is 2.20. The number of nitrogens with one attached hydrogen (secondary N) is 2. The lowest BCUT2D eigenvalue weighted by molar-refractivity contribution is 0.600. The first-order valence-electron chi connectivity index (χ1n) is 6.65. The van der Waals surface area contributed by atoms with Crippen molar-refractivity contribution in [1.29, 1.82) is 0 Å². The van der Waals surface area contributed by atoms with Gasteiger partial charge in [0.05, 0.1) is 0 Å². The normalized spacial score (nSPS) is 11.3. The summed E-state index contributed by atoms with van der Waals surface area (Å²) >= 11 is 1.42. The van der Waals surface area contributed by atoms with Gasteiger partial charge in [-0.2, -0.15) is 4.98 Å². The van der Waals surface area contributed by atoms with Gasteiger partial charge in [0.2, 0.25) is 11.1 Å². The van der Waals surface area contributed by atoms with Crippen LogP contribution in [0.2, 0.25) is 0 Å². The zero-order valence-electron chi connectivity index (χ0n) is 11.9. The minimum atomic E-state index is -3.72. The van der Waals surface area contributed by atoms with Crippen molar-refractivity contribution in [3.05, 3.63) is 60.4 Å². The lowest BCUT2D eigenvalue weighted by atomic mass is 10.2. The molecule has 0 saturated heterocycles. The Bertz CT molecular complexity index is 866. The fourth-order valence-electron chi connectivity index (χ4n) is 1.77. The zero-order valence-corrected chi connectivity index (χ0v) is 13.5. The topological polar surface area (TPSA) is 101 Å². The van der Waals surface area contributed by atoms with Crippen LogP contribution in [0, 0.1) is 0 Å². The minimum absolute atomic E-state index is 0.0647. The molecule has 0 aliphatic rings. The Morgan fingerprint density at radius 3 is 2.70 bits per heavy atom. The first-order chi connectivity index (χ1) is 11.1. The molecular formula is C14H13N5O2S2. The molecule has 0 amide bonds. The molecule has 1 aromatic carbocycles. The van der Waals surface area contributed by atoms with E-state index in [1.165, 1.54) is 30.2 Å².